The number of phenolic OH excluding ortho intramolecular Hbond substituents is 1. The zero-order valence-electron chi connectivity index (χ0n) is 19.0. The van der Waals surface area contributed by atoms with E-state index in [1.807, 2.05) is 42.5 Å². The molecule has 0 aliphatic carbocycles. The number of amides is 2. The first-order chi connectivity index (χ1) is 16.9. The molecule has 1 saturated heterocycles. The van der Waals surface area contributed by atoms with Crippen LogP contribution in [0, 0.1) is 0 Å². The van der Waals surface area contributed by atoms with E-state index in [0.29, 0.717) is 30.4 Å². The van der Waals surface area contributed by atoms with Gasteiger partial charge in [-0.15, -0.1) is 0 Å². The van der Waals surface area contributed by atoms with Crippen molar-refractivity contribution in [2.45, 2.75) is 18.8 Å². The number of aromatic nitrogens is 3. The Balaban J connectivity index is 1.33. The van der Waals surface area contributed by atoms with Crippen molar-refractivity contribution in [1.82, 2.24) is 14.8 Å². The molecule has 2 amide bonds. The molecule has 4 aromatic rings. The van der Waals surface area contributed by atoms with Gasteiger partial charge in [-0.25, -0.2) is 9.48 Å². The van der Waals surface area contributed by atoms with Crippen LogP contribution in [-0.2, 0) is 16.6 Å². The molecule has 1 aliphatic heterocycles. The van der Waals surface area contributed by atoms with E-state index >= 15 is 0 Å². The molecule has 1 aliphatic rings. The second-order valence-electron chi connectivity index (χ2n) is 8.82. The number of aromatic hydroxyl groups is 1. The summed E-state index contributed by atoms with van der Waals surface area (Å²) in [5.74, 6) is 0.448. The number of urea groups is 1. The minimum atomic E-state index is -0.403. The Morgan fingerprint density at radius 3 is 2.43 bits per heavy atom. The van der Waals surface area contributed by atoms with Crippen LogP contribution in [0.5, 0.6) is 5.75 Å². The van der Waals surface area contributed by atoms with Gasteiger partial charge in [0.25, 0.3) is 0 Å². The Morgan fingerprint density at radius 1 is 1.06 bits per heavy atom. The summed E-state index contributed by atoms with van der Waals surface area (Å²) in [5.41, 5.74) is 4.14. The van der Waals surface area contributed by atoms with Crippen LogP contribution >= 0.6 is 11.6 Å². The average molecular weight is 490 g/mol. The van der Waals surface area contributed by atoms with Crippen LogP contribution in [0.1, 0.15) is 23.7 Å². The van der Waals surface area contributed by atoms with E-state index in [1.54, 1.807) is 29.2 Å². The summed E-state index contributed by atoms with van der Waals surface area (Å²) in [6.07, 6.45) is 4.33. The fourth-order valence-corrected chi connectivity index (χ4v) is 4.04. The zero-order valence-corrected chi connectivity index (χ0v) is 19.8. The maximum absolute atomic E-state index is 12.8. The van der Waals surface area contributed by atoms with Crippen molar-refractivity contribution in [2.24, 2.45) is 0 Å². The van der Waals surface area contributed by atoms with Crippen molar-refractivity contribution < 1.29 is 14.6 Å². The van der Waals surface area contributed by atoms with Gasteiger partial charge in [0.15, 0.2) is 0 Å². The smallest absolute Gasteiger partial charge is 0.324 e. The highest BCUT2D eigenvalue weighted by atomic mass is 35.5. The van der Waals surface area contributed by atoms with Gasteiger partial charge in [0.1, 0.15) is 11.6 Å². The average Bonchev–Trinajstić information content (AvgIpc) is 3.25. The van der Waals surface area contributed by atoms with Gasteiger partial charge in [0.2, 0.25) is 0 Å². The van der Waals surface area contributed by atoms with E-state index in [4.69, 9.17) is 21.4 Å². The van der Waals surface area contributed by atoms with Crippen LogP contribution in [-0.4, -0.2) is 39.1 Å². The lowest BCUT2D eigenvalue weighted by Gasteiger charge is -2.36. The van der Waals surface area contributed by atoms with Crippen molar-refractivity contribution in [3.8, 4) is 11.4 Å². The van der Waals surface area contributed by atoms with Crippen LogP contribution in [0.3, 0.4) is 0 Å². The molecule has 3 N–H and O–H groups in total. The number of rotatable bonds is 6. The first-order valence-corrected chi connectivity index (χ1v) is 11.5. The number of nitrogens with one attached hydrogen (secondary N) is 2. The van der Waals surface area contributed by atoms with Gasteiger partial charge >= 0.3 is 6.03 Å². The van der Waals surface area contributed by atoms with Gasteiger partial charge in [0, 0.05) is 24.1 Å². The molecule has 0 atom stereocenters. The maximum atomic E-state index is 12.8. The summed E-state index contributed by atoms with van der Waals surface area (Å²) in [6, 6.07) is 17.9. The van der Waals surface area contributed by atoms with Crippen molar-refractivity contribution in [3.05, 3.63) is 94.9 Å². The number of nitrogens with zero attached hydrogens (tertiary/aromatic N) is 3. The highest BCUT2D eigenvalue weighted by Gasteiger charge is 2.38. The molecule has 9 heteroatoms. The molecule has 0 radical (unpaired) electrons. The Labute approximate surface area is 207 Å². The van der Waals surface area contributed by atoms with Gasteiger partial charge in [-0.1, -0.05) is 23.7 Å². The lowest BCUT2D eigenvalue weighted by atomic mass is 9.85. The van der Waals surface area contributed by atoms with Crippen LogP contribution in [0.15, 0.2) is 73.1 Å². The van der Waals surface area contributed by atoms with Crippen molar-refractivity contribution in [2.75, 3.05) is 23.8 Å². The highest BCUT2D eigenvalue weighted by molar-refractivity contribution is 6.32. The second-order valence-corrected chi connectivity index (χ2v) is 9.23. The molecule has 1 fully saturated rings. The Kier molecular flexibility index (Phi) is 6.15. The van der Waals surface area contributed by atoms with Gasteiger partial charge < -0.3 is 15.2 Å². The maximum Gasteiger partial charge on any atom is 0.324 e. The molecule has 8 nitrogen and oxygen atoms in total. The predicted octanol–water partition coefficient (Wildman–Crippen LogP) is 5.15. The molecule has 0 bridgehead atoms. The lowest BCUT2D eigenvalue weighted by molar-refractivity contribution is -0.0522. The number of halogens is 1. The molecule has 5 rings (SSSR count). The summed E-state index contributed by atoms with van der Waals surface area (Å²) < 4.78 is 6.98. The Bertz CT molecular complexity index is 1350. The van der Waals surface area contributed by atoms with E-state index in [0.717, 1.165) is 17.7 Å². The zero-order chi connectivity index (χ0) is 24.4. The number of carbonyl (C=O) groups is 1. The van der Waals surface area contributed by atoms with Gasteiger partial charge in [0.05, 0.1) is 35.0 Å². The third-order valence-electron chi connectivity index (χ3n) is 5.96. The van der Waals surface area contributed by atoms with E-state index in [-0.39, 0.29) is 16.2 Å². The summed E-state index contributed by atoms with van der Waals surface area (Å²) >= 11 is 6.11. The molecular formula is C26H24ClN5O3. The van der Waals surface area contributed by atoms with Crippen molar-refractivity contribution in [3.63, 3.8) is 0 Å². The van der Waals surface area contributed by atoms with Gasteiger partial charge in [-0.2, -0.15) is 5.10 Å². The van der Waals surface area contributed by atoms with Crippen molar-refractivity contribution in [1.29, 1.82) is 0 Å². The first kappa shape index (κ1) is 22.9. The largest absolute Gasteiger partial charge is 0.506 e. The molecule has 2 aromatic carbocycles. The van der Waals surface area contributed by atoms with Crippen LogP contribution < -0.4 is 10.6 Å². The standard InChI is InChI=1S/C26H24ClN5O3/c1-26(15-35-16-26)23-14-24(32(31-23)20-6-7-22(33)21(27)13-20)30-25(34)29-19-4-2-17(3-5-19)12-18-8-10-28-11-9-18/h2-11,13-14,33H,12,15-16H2,1H3,(H2,29,30,34). The highest BCUT2D eigenvalue weighted by Crippen LogP contribution is 2.34. The van der Waals surface area contributed by atoms with E-state index in [2.05, 4.69) is 22.5 Å². The van der Waals surface area contributed by atoms with E-state index < -0.39 is 6.03 Å². The normalized spacial score (nSPS) is 14.2. The van der Waals surface area contributed by atoms with Crippen LogP contribution in [0.2, 0.25) is 5.02 Å². The van der Waals surface area contributed by atoms with Gasteiger partial charge in [-0.05, 0) is 66.9 Å². The fraction of sp³-hybridized carbons (Fsp3) is 0.192. The third-order valence-corrected chi connectivity index (χ3v) is 6.26. The summed E-state index contributed by atoms with van der Waals surface area (Å²) in [6.45, 7) is 3.17. The van der Waals surface area contributed by atoms with E-state index in [9.17, 15) is 9.90 Å². The molecular weight excluding hydrogens is 466 g/mol. The number of benzene rings is 2. The number of ether oxygens (including phenoxy) is 1. The molecule has 2 aromatic heterocycles. The number of phenols is 1. The molecule has 178 valence electrons. The Morgan fingerprint density at radius 2 is 1.77 bits per heavy atom. The number of hydrogen-bond donors (Lipinski definition) is 3. The van der Waals surface area contributed by atoms with E-state index in [1.165, 1.54) is 11.6 Å². The molecule has 0 unspecified atom stereocenters. The lowest BCUT2D eigenvalue weighted by Crippen LogP contribution is -2.44. The van der Waals surface area contributed by atoms with Gasteiger partial charge in [-0.3, -0.25) is 10.3 Å². The van der Waals surface area contributed by atoms with Crippen molar-refractivity contribution >= 4 is 29.1 Å². The Hall–Kier alpha value is -3.88. The number of anilines is 2. The summed E-state index contributed by atoms with van der Waals surface area (Å²) in [5, 5.41) is 20.4. The summed E-state index contributed by atoms with van der Waals surface area (Å²) in [7, 11) is 0. The molecule has 35 heavy (non-hydrogen) atoms. The number of pyridine rings is 1. The molecule has 0 spiro atoms. The third kappa shape index (κ3) is 4.99. The van der Waals surface area contributed by atoms with Crippen LogP contribution in [0.25, 0.3) is 5.69 Å². The monoisotopic (exact) mass is 489 g/mol. The quantitative estimate of drug-likeness (QED) is 0.348. The topological polar surface area (TPSA) is 101 Å². The minimum absolute atomic E-state index is 0.0261. The molecule has 3 heterocycles. The minimum Gasteiger partial charge on any atom is -0.506 e. The molecule has 0 saturated carbocycles. The summed E-state index contributed by atoms with van der Waals surface area (Å²) in [4.78, 5) is 16.9. The number of carbonyl (C=O) groups excluding carboxylic acids is 1. The fourth-order valence-electron chi connectivity index (χ4n) is 3.87. The SMILES string of the molecule is CC1(c2cc(NC(=O)Nc3ccc(Cc4ccncc4)cc3)n(-c3ccc(O)c(Cl)c3)n2)COC1. The predicted molar refractivity (Wildman–Crippen MR) is 135 cm³/mol. The second kappa shape index (κ2) is 9.40. The number of hydrogen-bond acceptors (Lipinski definition) is 5. The van der Waals surface area contributed by atoms with Crippen LogP contribution in [0.4, 0.5) is 16.3 Å². The first-order valence-electron chi connectivity index (χ1n) is 11.1.